The van der Waals surface area contributed by atoms with Crippen molar-refractivity contribution < 1.29 is 24.3 Å². The Labute approximate surface area is 149 Å². The van der Waals surface area contributed by atoms with E-state index in [4.69, 9.17) is 21.9 Å². The first kappa shape index (κ1) is 22.9. The van der Waals surface area contributed by atoms with Gasteiger partial charge in [0.15, 0.2) is 5.96 Å². The molecule has 11 nitrogen and oxygen atoms in total. The SMILES string of the molecule is NC(N)=NCCCC(N)C(=O)SCCC(=O)OCCCCO[N+](=O)[O-]. The predicted octanol–water partition coefficient (Wildman–Crippen LogP) is -0.451. The highest BCUT2D eigenvalue weighted by Gasteiger charge is 2.14. The highest BCUT2D eigenvalue weighted by Crippen LogP contribution is 2.10. The number of unbranched alkanes of at least 4 members (excludes halogenated alkanes) is 1. The number of ether oxygens (including phenoxy) is 1. The number of rotatable bonds is 14. The molecule has 0 spiro atoms. The van der Waals surface area contributed by atoms with Gasteiger partial charge in [-0.1, -0.05) is 11.8 Å². The van der Waals surface area contributed by atoms with Crippen molar-refractivity contribution in [2.45, 2.75) is 38.1 Å². The van der Waals surface area contributed by atoms with E-state index in [1.807, 2.05) is 0 Å². The van der Waals surface area contributed by atoms with E-state index in [2.05, 4.69) is 9.83 Å². The molecule has 0 aliphatic heterocycles. The zero-order valence-electron chi connectivity index (χ0n) is 13.9. The Morgan fingerprint density at radius 3 is 2.52 bits per heavy atom. The molecule has 0 saturated heterocycles. The fourth-order valence-electron chi connectivity index (χ4n) is 1.58. The quantitative estimate of drug-likeness (QED) is 0.0890. The number of nitrogens with two attached hydrogens (primary N) is 3. The van der Waals surface area contributed by atoms with Crippen LogP contribution in [0.5, 0.6) is 0 Å². The van der Waals surface area contributed by atoms with Gasteiger partial charge in [0.05, 0.1) is 25.7 Å². The van der Waals surface area contributed by atoms with Crippen molar-refractivity contribution in [3.05, 3.63) is 10.1 Å². The molecule has 0 rings (SSSR count). The van der Waals surface area contributed by atoms with E-state index in [0.29, 0.717) is 32.2 Å². The fraction of sp³-hybridized carbons (Fsp3) is 0.769. The van der Waals surface area contributed by atoms with Crippen LogP contribution < -0.4 is 17.2 Å². The number of nitrogens with zero attached hydrogens (tertiary/aromatic N) is 2. The van der Waals surface area contributed by atoms with Crippen LogP contribution in [-0.2, 0) is 19.2 Å². The zero-order chi connectivity index (χ0) is 19.1. The molecule has 0 heterocycles. The van der Waals surface area contributed by atoms with E-state index >= 15 is 0 Å². The lowest BCUT2D eigenvalue weighted by atomic mass is 10.2. The van der Waals surface area contributed by atoms with Crippen LogP contribution in [0.2, 0.25) is 0 Å². The molecule has 12 heteroatoms. The monoisotopic (exact) mass is 379 g/mol. The first-order valence-electron chi connectivity index (χ1n) is 7.73. The van der Waals surface area contributed by atoms with Crippen LogP contribution in [0.1, 0.15) is 32.1 Å². The van der Waals surface area contributed by atoms with Crippen molar-refractivity contribution in [2.24, 2.45) is 22.2 Å². The number of hydrogen-bond donors (Lipinski definition) is 3. The summed E-state index contributed by atoms with van der Waals surface area (Å²) >= 11 is 0.983. The van der Waals surface area contributed by atoms with Crippen LogP contribution in [0.15, 0.2) is 4.99 Å². The third-order valence-corrected chi connectivity index (χ3v) is 3.81. The van der Waals surface area contributed by atoms with E-state index in [1.165, 1.54) is 0 Å². The maximum absolute atomic E-state index is 11.8. The molecule has 0 aromatic heterocycles. The Morgan fingerprint density at radius 1 is 1.20 bits per heavy atom. The second kappa shape index (κ2) is 14.3. The standard InChI is InChI=1S/C13H25N5O6S/c14-10(4-3-6-17-13(15)16)12(20)25-9-5-11(19)23-7-1-2-8-24-18(21)22/h10H,1-9,14H2,(H4,15,16,17). The summed E-state index contributed by atoms with van der Waals surface area (Å²) in [7, 11) is 0. The molecule has 0 bridgehead atoms. The number of thioether (sulfide) groups is 1. The van der Waals surface area contributed by atoms with Crippen molar-refractivity contribution in [1.29, 1.82) is 0 Å². The molecule has 6 N–H and O–H groups in total. The average Bonchev–Trinajstić information content (AvgIpc) is 2.54. The molecule has 0 saturated carbocycles. The number of esters is 1. The molecule has 0 fully saturated rings. The van der Waals surface area contributed by atoms with Crippen LogP contribution >= 0.6 is 11.8 Å². The second-order valence-corrected chi connectivity index (χ2v) is 6.06. The van der Waals surface area contributed by atoms with Crippen LogP contribution in [0, 0.1) is 10.1 Å². The number of guanidine groups is 1. The lowest BCUT2D eigenvalue weighted by Crippen LogP contribution is -2.29. The Hall–Kier alpha value is -2.08. The minimum atomic E-state index is -0.869. The van der Waals surface area contributed by atoms with Gasteiger partial charge in [-0.3, -0.25) is 14.6 Å². The molecule has 0 aliphatic carbocycles. The van der Waals surface area contributed by atoms with Crippen LogP contribution in [0.3, 0.4) is 0 Å². The van der Waals surface area contributed by atoms with Crippen LogP contribution in [-0.4, -0.2) is 53.7 Å². The summed E-state index contributed by atoms with van der Waals surface area (Å²) in [5.74, 6) is -0.154. The molecule has 0 radical (unpaired) electrons. The van der Waals surface area contributed by atoms with Crippen LogP contribution in [0.4, 0.5) is 0 Å². The van der Waals surface area contributed by atoms with Gasteiger partial charge in [-0.2, -0.15) is 0 Å². The zero-order valence-corrected chi connectivity index (χ0v) is 14.7. The third-order valence-electron chi connectivity index (χ3n) is 2.82. The smallest absolute Gasteiger partial charge is 0.306 e. The average molecular weight is 379 g/mol. The summed E-state index contributed by atoms with van der Waals surface area (Å²) < 4.78 is 4.93. The van der Waals surface area contributed by atoms with Gasteiger partial charge >= 0.3 is 5.97 Å². The van der Waals surface area contributed by atoms with E-state index < -0.39 is 17.1 Å². The molecule has 25 heavy (non-hydrogen) atoms. The third kappa shape index (κ3) is 15.2. The van der Waals surface area contributed by atoms with Crippen molar-refractivity contribution in [3.8, 4) is 0 Å². The van der Waals surface area contributed by atoms with E-state index in [-0.39, 0.29) is 36.5 Å². The Bertz CT molecular complexity index is 458. The Morgan fingerprint density at radius 2 is 1.88 bits per heavy atom. The second-order valence-electron chi connectivity index (χ2n) is 4.96. The Kier molecular flexibility index (Phi) is 13.1. The van der Waals surface area contributed by atoms with E-state index in [0.717, 1.165) is 11.8 Å². The number of hydrogen-bond acceptors (Lipinski definition) is 9. The number of carbonyl (C=O) groups excluding carboxylic acids is 2. The summed E-state index contributed by atoms with van der Waals surface area (Å²) in [5.41, 5.74) is 16.1. The highest BCUT2D eigenvalue weighted by molar-refractivity contribution is 8.13. The first-order chi connectivity index (χ1) is 11.8. The van der Waals surface area contributed by atoms with Gasteiger partial charge in [0.2, 0.25) is 5.12 Å². The summed E-state index contributed by atoms with van der Waals surface area (Å²) in [5, 5.41) is 8.84. The van der Waals surface area contributed by atoms with Gasteiger partial charge in [-0.25, -0.2) is 0 Å². The van der Waals surface area contributed by atoms with Crippen LogP contribution in [0.25, 0.3) is 0 Å². The van der Waals surface area contributed by atoms with Gasteiger partial charge in [-0.15, -0.1) is 10.1 Å². The number of aliphatic imine (C=N–C) groups is 1. The maximum atomic E-state index is 11.8. The van der Waals surface area contributed by atoms with Gasteiger partial charge < -0.3 is 26.8 Å². The van der Waals surface area contributed by atoms with E-state index in [1.54, 1.807) is 0 Å². The summed E-state index contributed by atoms with van der Waals surface area (Å²) in [6.07, 6.45) is 2.01. The Balaban J connectivity index is 3.63. The van der Waals surface area contributed by atoms with Gasteiger partial charge in [-0.05, 0) is 25.7 Å². The summed E-state index contributed by atoms with van der Waals surface area (Å²) in [4.78, 5) is 41.0. The fourth-order valence-corrected chi connectivity index (χ4v) is 2.38. The summed E-state index contributed by atoms with van der Waals surface area (Å²) in [6, 6.07) is -0.628. The van der Waals surface area contributed by atoms with E-state index in [9.17, 15) is 19.7 Å². The van der Waals surface area contributed by atoms with Crippen molar-refractivity contribution in [1.82, 2.24) is 0 Å². The molecule has 0 aromatic rings. The lowest BCUT2D eigenvalue weighted by molar-refractivity contribution is -0.757. The van der Waals surface area contributed by atoms with Crippen molar-refractivity contribution in [2.75, 3.05) is 25.5 Å². The van der Waals surface area contributed by atoms with Gasteiger partial charge in [0, 0.05) is 12.3 Å². The molecule has 0 aromatic carbocycles. The van der Waals surface area contributed by atoms with Gasteiger partial charge in [0.1, 0.15) is 0 Å². The molecular weight excluding hydrogens is 354 g/mol. The largest absolute Gasteiger partial charge is 0.466 e. The summed E-state index contributed by atoms with van der Waals surface area (Å²) in [6.45, 7) is 0.534. The molecule has 1 unspecified atom stereocenters. The lowest BCUT2D eigenvalue weighted by Gasteiger charge is -2.09. The van der Waals surface area contributed by atoms with Crippen molar-refractivity contribution in [3.63, 3.8) is 0 Å². The minimum absolute atomic E-state index is 0.00176. The molecule has 0 aliphatic rings. The maximum Gasteiger partial charge on any atom is 0.306 e. The normalized spacial score (nSPS) is 11.4. The molecule has 0 amide bonds. The molecule has 144 valence electrons. The highest BCUT2D eigenvalue weighted by atomic mass is 32.2. The predicted molar refractivity (Wildman–Crippen MR) is 93.1 cm³/mol. The molecular formula is C13H25N5O6S. The topological polar surface area (TPSA) is 186 Å². The number of carbonyl (C=O) groups is 2. The van der Waals surface area contributed by atoms with Gasteiger partial charge in [0.25, 0.3) is 5.09 Å². The first-order valence-corrected chi connectivity index (χ1v) is 8.72. The minimum Gasteiger partial charge on any atom is -0.466 e. The molecule has 1 atom stereocenters. The van der Waals surface area contributed by atoms with Crippen molar-refractivity contribution >= 4 is 28.8 Å².